The minimum absolute atomic E-state index is 0.149. The molecule has 0 spiro atoms. The Labute approximate surface area is 169 Å². The van der Waals surface area contributed by atoms with Crippen molar-refractivity contribution < 1.29 is 49.5 Å². The molecule has 0 radical (unpaired) electrons. The van der Waals surface area contributed by atoms with Crippen LogP contribution in [0.4, 0.5) is 5.69 Å². The monoisotopic (exact) mass is 430 g/mol. The van der Waals surface area contributed by atoms with Crippen molar-refractivity contribution in [2.24, 2.45) is 0 Å². The zero-order chi connectivity index (χ0) is 22.6. The molecular weight excluding hydrogens is 408 g/mol. The molecule has 1 heterocycles. The number of ether oxygens (including phenoxy) is 2. The molecule has 1 aromatic rings. The van der Waals surface area contributed by atoms with Crippen LogP contribution in [0.3, 0.4) is 0 Å². The molecule has 30 heavy (non-hydrogen) atoms. The molecule has 13 heteroatoms. The lowest BCUT2D eigenvalue weighted by molar-refractivity contribution is -0.384. The van der Waals surface area contributed by atoms with Crippen molar-refractivity contribution in [1.29, 1.82) is 0 Å². The molecular formula is C17H22N2O11. The van der Waals surface area contributed by atoms with Gasteiger partial charge in [-0.15, -0.1) is 0 Å². The maximum absolute atomic E-state index is 12.0. The number of nitrogens with one attached hydrogen (secondary N) is 1. The van der Waals surface area contributed by atoms with Gasteiger partial charge in [0.15, 0.2) is 0 Å². The average molecular weight is 430 g/mol. The quantitative estimate of drug-likeness (QED) is 0.199. The van der Waals surface area contributed by atoms with E-state index in [2.05, 4.69) is 5.32 Å². The number of benzene rings is 1. The molecule has 1 aromatic carbocycles. The molecule has 1 saturated heterocycles. The lowest BCUT2D eigenvalue weighted by atomic mass is 9.88. The van der Waals surface area contributed by atoms with E-state index in [4.69, 9.17) is 14.6 Å². The number of carbonyl (C=O) groups is 2. The first-order chi connectivity index (χ1) is 14.0. The Hall–Kier alpha value is -2.84. The van der Waals surface area contributed by atoms with E-state index in [0.717, 1.165) is 31.2 Å². The van der Waals surface area contributed by atoms with E-state index in [1.54, 1.807) is 0 Å². The summed E-state index contributed by atoms with van der Waals surface area (Å²) in [4.78, 5) is 33.5. The summed E-state index contributed by atoms with van der Waals surface area (Å²) in [6.07, 6.45) is -7.65. The summed E-state index contributed by atoms with van der Waals surface area (Å²) in [6, 6.07) is 3.03. The molecule has 166 valence electrons. The third-order valence-electron chi connectivity index (χ3n) is 4.52. The molecule has 6 atom stereocenters. The van der Waals surface area contributed by atoms with Crippen LogP contribution in [0.2, 0.25) is 0 Å². The van der Waals surface area contributed by atoms with Gasteiger partial charge >= 0.3 is 11.8 Å². The largest absolute Gasteiger partial charge is 0.476 e. The Morgan fingerprint density at radius 2 is 1.97 bits per heavy atom. The maximum atomic E-state index is 12.0. The second-order valence-electron chi connectivity index (χ2n) is 6.73. The van der Waals surface area contributed by atoms with Crippen LogP contribution in [0.15, 0.2) is 24.3 Å². The first kappa shape index (κ1) is 23.4. The molecule has 6 N–H and O–H groups in total. The highest BCUT2D eigenvalue weighted by molar-refractivity contribution is 5.77. The lowest BCUT2D eigenvalue weighted by Gasteiger charge is -2.46. The Morgan fingerprint density at radius 3 is 2.43 bits per heavy atom. The van der Waals surface area contributed by atoms with Crippen molar-refractivity contribution >= 4 is 17.6 Å². The highest BCUT2D eigenvalue weighted by atomic mass is 16.7. The van der Waals surface area contributed by atoms with Crippen molar-refractivity contribution in [3.63, 3.8) is 0 Å². The number of nitro groups is 1. The summed E-state index contributed by atoms with van der Waals surface area (Å²) < 4.78 is 10.8. The third kappa shape index (κ3) is 5.01. The van der Waals surface area contributed by atoms with Gasteiger partial charge in [0.05, 0.1) is 30.1 Å². The van der Waals surface area contributed by atoms with Gasteiger partial charge in [-0.3, -0.25) is 14.9 Å². The normalized spacial score (nSPS) is 28.2. The van der Waals surface area contributed by atoms with Crippen LogP contribution in [0.25, 0.3) is 0 Å². The highest BCUT2D eigenvalue weighted by Crippen LogP contribution is 2.35. The van der Waals surface area contributed by atoms with Gasteiger partial charge in [-0.2, -0.15) is 0 Å². The number of nitro benzene ring substituents is 1. The molecule has 1 amide bonds. The van der Waals surface area contributed by atoms with Crippen molar-refractivity contribution in [2.45, 2.75) is 49.6 Å². The van der Waals surface area contributed by atoms with E-state index in [-0.39, 0.29) is 11.4 Å². The number of nitrogens with zero attached hydrogens (tertiary/aromatic N) is 1. The van der Waals surface area contributed by atoms with Crippen molar-refractivity contribution in [1.82, 2.24) is 5.32 Å². The topological polar surface area (TPSA) is 209 Å². The van der Waals surface area contributed by atoms with Gasteiger partial charge in [0.1, 0.15) is 24.1 Å². The van der Waals surface area contributed by atoms with E-state index in [0.29, 0.717) is 0 Å². The van der Waals surface area contributed by atoms with Gasteiger partial charge in [0, 0.05) is 19.1 Å². The molecule has 13 nitrogen and oxygen atoms in total. The van der Waals surface area contributed by atoms with Gasteiger partial charge in [0.25, 0.3) is 5.69 Å². The van der Waals surface area contributed by atoms with Gasteiger partial charge in [-0.25, -0.2) is 4.79 Å². The van der Waals surface area contributed by atoms with Crippen LogP contribution in [0.5, 0.6) is 5.75 Å². The van der Waals surface area contributed by atoms with Crippen molar-refractivity contribution in [3.8, 4) is 5.75 Å². The summed E-state index contributed by atoms with van der Waals surface area (Å²) in [5, 5.41) is 62.5. The average Bonchev–Trinajstić information content (AvgIpc) is 2.68. The number of aliphatic hydroxyl groups is 4. The fraction of sp³-hybridized carbons (Fsp3) is 0.529. The zero-order valence-corrected chi connectivity index (χ0v) is 15.7. The van der Waals surface area contributed by atoms with E-state index < -0.39 is 66.1 Å². The second-order valence-corrected chi connectivity index (χ2v) is 6.73. The molecule has 1 fully saturated rings. The standard InChI is InChI=1S/C17H22N2O11/c1-8(21)18-13-11(22)6-17(16(25)26,30-15(13)14(24)12(23)7-20)29-10-4-2-9(3-5-10)19(27)28/h2-5,11-15,20,22-24H,6-7H2,1H3,(H,18,21)(H,25,26)/t11-,12-,13-,14-,15?,17-/m1/s1. The van der Waals surface area contributed by atoms with E-state index in [1.165, 1.54) is 0 Å². The molecule has 0 bridgehead atoms. The Balaban J connectivity index is 2.40. The number of amides is 1. The number of carbonyl (C=O) groups excluding carboxylic acids is 1. The predicted molar refractivity (Wildman–Crippen MR) is 96.3 cm³/mol. The lowest BCUT2D eigenvalue weighted by Crippen LogP contribution is -2.68. The van der Waals surface area contributed by atoms with Crippen LogP contribution in [0, 0.1) is 10.1 Å². The third-order valence-corrected chi connectivity index (χ3v) is 4.52. The van der Waals surface area contributed by atoms with Crippen molar-refractivity contribution in [3.05, 3.63) is 34.4 Å². The number of rotatable bonds is 8. The van der Waals surface area contributed by atoms with Crippen LogP contribution in [0.1, 0.15) is 13.3 Å². The minimum atomic E-state index is -2.56. The number of hydrogen-bond acceptors (Lipinski definition) is 10. The summed E-state index contributed by atoms with van der Waals surface area (Å²) in [5.74, 6) is -5.04. The number of carboxylic acids is 1. The van der Waals surface area contributed by atoms with Gasteiger partial charge in [-0.1, -0.05) is 0 Å². The number of aliphatic hydroxyl groups excluding tert-OH is 4. The number of non-ortho nitro benzene ring substituents is 1. The summed E-state index contributed by atoms with van der Waals surface area (Å²) in [5.41, 5.74) is -0.276. The summed E-state index contributed by atoms with van der Waals surface area (Å²) >= 11 is 0. The van der Waals surface area contributed by atoms with Crippen LogP contribution in [-0.2, 0) is 14.3 Å². The maximum Gasteiger partial charge on any atom is 0.377 e. The molecule has 0 aliphatic carbocycles. The molecule has 0 saturated carbocycles. The molecule has 1 unspecified atom stereocenters. The number of hydrogen-bond donors (Lipinski definition) is 6. The molecule has 2 rings (SSSR count). The van der Waals surface area contributed by atoms with Gasteiger partial charge in [0.2, 0.25) is 5.91 Å². The fourth-order valence-electron chi connectivity index (χ4n) is 3.06. The Bertz CT molecular complexity index is 786. The van der Waals surface area contributed by atoms with E-state index in [1.807, 2.05) is 0 Å². The van der Waals surface area contributed by atoms with Crippen LogP contribution in [-0.4, -0.2) is 85.2 Å². The second kappa shape index (κ2) is 9.32. The smallest absolute Gasteiger partial charge is 0.377 e. The SMILES string of the molecule is CC(=O)N[C@H]1C([C@H](O)[C@H](O)CO)O[C@@](Oc2ccc([N+](=O)[O-])cc2)(C(=O)O)C[C@H]1O. The Kier molecular flexibility index (Phi) is 7.28. The minimum Gasteiger partial charge on any atom is -0.476 e. The van der Waals surface area contributed by atoms with Gasteiger partial charge in [-0.05, 0) is 12.1 Å². The van der Waals surface area contributed by atoms with Crippen LogP contribution >= 0.6 is 0 Å². The van der Waals surface area contributed by atoms with Crippen molar-refractivity contribution in [2.75, 3.05) is 6.61 Å². The molecule has 1 aliphatic heterocycles. The predicted octanol–water partition coefficient (Wildman–Crippen LogP) is -1.88. The van der Waals surface area contributed by atoms with Crippen LogP contribution < -0.4 is 10.1 Å². The first-order valence-corrected chi connectivity index (χ1v) is 8.77. The summed E-state index contributed by atoms with van der Waals surface area (Å²) in [7, 11) is 0. The zero-order valence-electron chi connectivity index (χ0n) is 15.7. The Morgan fingerprint density at radius 1 is 1.37 bits per heavy atom. The summed E-state index contributed by atoms with van der Waals surface area (Å²) in [6.45, 7) is 0.207. The van der Waals surface area contributed by atoms with E-state index >= 15 is 0 Å². The van der Waals surface area contributed by atoms with E-state index in [9.17, 15) is 40.1 Å². The molecule has 0 aromatic heterocycles. The number of aliphatic carboxylic acids is 1. The first-order valence-electron chi connectivity index (χ1n) is 8.77. The number of carboxylic acid groups (broad SMARTS) is 1. The van der Waals surface area contributed by atoms with Gasteiger partial charge < -0.3 is 40.3 Å². The fourth-order valence-corrected chi connectivity index (χ4v) is 3.06. The molecule has 1 aliphatic rings. The highest BCUT2D eigenvalue weighted by Gasteiger charge is 2.56.